The molecule has 0 fully saturated rings. The molecule has 0 aromatic carbocycles. The molecule has 0 aromatic heterocycles. The van der Waals surface area contributed by atoms with E-state index in [2.05, 4.69) is 4.52 Å². The van der Waals surface area contributed by atoms with Crippen LogP contribution in [0.1, 0.15) is 6.42 Å². The SMILES string of the molecule is O=P(F)(F)OCCCS(=O)(=O)O. The first kappa shape index (κ1) is 12.0. The van der Waals surface area contributed by atoms with Crippen LogP contribution < -0.4 is 0 Å². The first-order valence-corrected chi connectivity index (χ1v) is 5.81. The van der Waals surface area contributed by atoms with Crippen molar-refractivity contribution in [2.24, 2.45) is 0 Å². The van der Waals surface area contributed by atoms with Crippen molar-refractivity contribution in [3.63, 3.8) is 0 Å². The minimum atomic E-state index is -5.52. The van der Waals surface area contributed by atoms with Crippen molar-refractivity contribution in [1.29, 1.82) is 0 Å². The van der Waals surface area contributed by atoms with Crippen LogP contribution in [0.5, 0.6) is 0 Å². The van der Waals surface area contributed by atoms with E-state index in [0.29, 0.717) is 0 Å². The molecule has 0 spiro atoms. The van der Waals surface area contributed by atoms with Crippen LogP contribution in [0.3, 0.4) is 0 Å². The standard InChI is InChI=1S/C3H7F2O5PS/c4-11(5,6)10-2-1-3-12(7,8)9/h1-3H2,(H,7,8,9). The Hall–Kier alpha value is -0.0400. The topological polar surface area (TPSA) is 80.7 Å². The fraction of sp³-hybridized carbons (Fsp3) is 1.00. The number of halogens is 2. The van der Waals surface area contributed by atoms with Gasteiger partial charge in [-0.25, -0.2) is 4.57 Å². The normalized spacial score (nSPS) is 13.2. The highest BCUT2D eigenvalue weighted by Crippen LogP contribution is 2.50. The summed E-state index contributed by atoms with van der Waals surface area (Å²) < 4.78 is 64.1. The molecule has 0 aliphatic carbocycles. The lowest BCUT2D eigenvalue weighted by atomic mass is 10.5. The maximum Gasteiger partial charge on any atom is 0.551 e. The Bertz CT molecular complexity index is 268. The van der Waals surface area contributed by atoms with E-state index >= 15 is 0 Å². The molecule has 74 valence electrons. The average Bonchev–Trinajstić information content (AvgIpc) is 1.76. The number of hydrogen-bond acceptors (Lipinski definition) is 4. The van der Waals surface area contributed by atoms with E-state index in [1.54, 1.807) is 0 Å². The molecule has 0 aliphatic heterocycles. The molecule has 0 amide bonds. The lowest BCUT2D eigenvalue weighted by Gasteiger charge is -1.99. The Kier molecular flexibility index (Phi) is 4.25. The van der Waals surface area contributed by atoms with Crippen LogP contribution in [0, 0.1) is 0 Å². The molecule has 0 saturated heterocycles. The van der Waals surface area contributed by atoms with Gasteiger partial charge in [0.05, 0.1) is 12.4 Å². The van der Waals surface area contributed by atoms with E-state index in [9.17, 15) is 21.4 Å². The van der Waals surface area contributed by atoms with Crippen molar-refractivity contribution in [3.05, 3.63) is 0 Å². The summed E-state index contributed by atoms with van der Waals surface area (Å²) in [7, 11) is -9.68. The predicted molar refractivity (Wildman–Crippen MR) is 36.8 cm³/mol. The largest absolute Gasteiger partial charge is 0.551 e. The Morgan fingerprint density at radius 1 is 1.42 bits per heavy atom. The van der Waals surface area contributed by atoms with Crippen LogP contribution in [0.4, 0.5) is 8.39 Å². The molecule has 0 bridgehead atoms. The summed E-state index contributed by atoms with van der Waals surface area (Å²) in [6, 6.07) is 0. The molecule has 0 unspecified atom stereocenters. The first-order chi connectivity index (χ1) is 5.21. The molecular weight excluding hydrogens is 217 g/mol. The predicted octanol–water partition coefficient (Wildman–Crippen LogP) is 1.33. The van der Waals surface area contributed by atoms with E-state index in [4.69, 9.17) is 4.55 Å². The van der Waals surface area contributed by atoms with Gasteiger partial charge in [-0.2, -0.15) is 8.42 Å². The first-order valence-electron chi connectivity index (χ1n) is 2.80. The molecule has 0 rings (SSSR count). The second-order valence-electron chi connectivity index (χ2n) is 1.89. The van der Waals surface area contributed by atoms with E-state index < -0.39 is 30.5 Å². The Balaban J connectivity index is 3.55. The Labute approximate surface area is 68.2 Å². The number of hydrogen-bond donors (Lipinski definition) is 1. The van der Waals surface area contributed by atoms with Gasteiger partial charge in [0.25, 0.3) is 10.1 Å². The van der Waals surface area contributed by atoms with Gasteiger partial charge in [0, 0.05) is 0 Å². The van der Waals surface area contributed by atoms with Crippen LogP contribution in [0.15, 0.2) is 0 Å². The second kappa shape index (κ2) is 4.27. The monoisotopic (exact) mass is 224 g/mol. The van der Waals surface area contributed by atoms with Crippen molar-refractivity contribution in [2.45, 2.75) is 6.42 Å². The molecular formula is C3H7F2O5PS. The van der Waals surface area contributed by atoms with Gasteiger partial charge in [0.15, 0.2) is 0 Å². The molecule has 0 radical (unpaired) electrons. The van der Waals surface area contributed by atoms with Crippen LogP contribution in [0.25, 0.3) is 0 Å². The van der Waals surface area contributed by atoms with Crippen molar-refractivity contribution in [3.8, 4) is 0 Å². The summed E-state index contributed by atoms with van der Waals surface area (Å²) in [4.78, 5) is 0. The molecule has 1 N–H and O–H groups in total. The molecule has 0 heterocycles. The van der Waals surface area contributed by atoms with E-state index in [-0.39, 0.29) is 6.42 Å². The van der Waals surface area contributed by atoms with E-state index in [1.165, 1.54) is 0 Å². The Morgan fingerprint density at radius 3 is 2.25 bits per heavy atom. The van der Waals surface area contributed by atoms with Gasteiger partial charge in [-0.15, -0.1) is 8.39 Å². The molecule has 5 nitrogen and oxygen atoms in total. The highest BCUT2D eigenvalue weighted by molar-refractivity contribution is 7.85. The summed E-state index contributed by atoms with van der Waals surface area (Å²) in [5, 5.41) is 0. The molecule has 12 heavy (non-hydrogen) atoms. The van der Waals surface area contributed by atoms with Crippen molar-refractivity contribution < 1.29 is 30.5 Å². The molecule has 9 heteroatoms. The van der Waals surface area contributed by atoms with Gasteiger partial charge < -0.3 is 0 Å². The fourth-order valence-electron chi connectivity index (χ4n) is 0.412. The van der Waals surface area contributed by atoms with Gasteiger partial charge >= 0.3 is 7.99 Å². The third-order valence-corrected chi connectivity index (χ3v) is 2.08. The van der Waals surface area contributed by atoms with E-state index in [1.807, 2.05) is 0 Å². The molecule has 0 aliphatic rings. The number of rotatable bonds is 5. The third-order valence-electron chi connectivity index (χ3n) is 0.788. The minimum Gasteiger partial charge on any atom is -0.286 e. The highest BCUT2D eigenvalue weighted by Gasteiger charge is 2.20. The summed E-state index contributed by atoms with van der Waals surface area (Å²) in [6.45, 7) is -0.663. The van der Waals surface area contributed by atoms with Crippen LogP contribution in [-0.2, 0) is 19.2 Å². The van der Waals surface area contributed by atoms with Gasteiger partial charge in [0.1, 0.15) is 0 Å². The van der Waals surface area contributed by atoms with Gasteiger partial charge in [-0.1, -0.05) is 0 Å². The van der Waals surface area contributed by atoms with E-state index in [0.717, 1.165) is 0 Å². The zero-order valence-corrected chi connectivity index (χ0v) is 7.52. The third kappa shape index (κ3) is 9.96. The highest BCUT2D eigenvalue weighted by atomic mass is 32.2. The summed E-state index contributed by atoms with van der Waals surface area (Å²) in [5.41, 5.74) is 0. The van der Waals surface area contributed by atoms with Crippen molar-refractivity contribution in [2.75, 3.05) is 12.4 Å². The quantitative estimate of drug-likeness (QED) is 0.432. The smallest absolute Gasteiger partial charge is 0.286 e. The maximum absolute atomic E-state index is 11.5. The fourth-order valence-corrected chi connectivity index (χ4v) is 1.24. The van der Waals surface area contributed by atoms with Crippen LogP contribution in [-0.4, -0.2) is 25.3 Å². The Morgan fingerprint density at radius 2 is 1.92 bits per heavy atom. The summed E-state index contributed by atoms with van der Waals surface area (Å²) >= 11 is 0. The van der Waals surface area contributed by atoms with Crippen LogP contribution >= 0.6 is 7.99 Å². The lowest BCUT2D eigenvalue weighted by molar-refractivity contribution is 0.256. The lowest BCUT2D eigenvalue weighted by Crippen LogP contribution is -2.05. The zero-order chi connectivity index (χ0) is 9.83. The van der Waals surface area contributed by atoms with Crippen LogP contribution in [0.2, 0.25) is 0 Å². The van der Waals surface area contributed by atoms with Gasteiger partial charge in [0.2, 0.25) is 0 Å². The summed E-state index contributed by atoms with van der Waals surface area (Å²) in [6.07, 6.45) is -0.323. The minimum absolute atomic E-state index is 0.323. The second-order valence-corrected chi connectivity index (χ2v) is 4.55. The van der Waals surface area contributed by atoms with Gasteiger partial charge in [-0.05, 0) is 6.42 Å². The van der Waals surface area contributed by atoms with Crippen molar-refractivity contribution >= 4 is 18.1 Å². The molecule has 0 saturated carbocycles. The van der Waals surface area contributed by atoms with Crippen molar-refractivity contribution in [1.82, 2.24) is 0 Å². The molecule has 0 atom stereocenters. The average molecular weight is 224 g/mol. The maximum atomic E-state index is 11.5. The van der Waals surface area contributed by atoms with Gasteiger partial charge in [-0.3, -0.25) is 9.08 Å². The zero-order valence-electron chi connectivity index (χ0n) is 5.81. The summed E-state index contributed by atoms with van der Waals surface area (Å²) in [5.74, 6) is -0.688. The molecule has 0 aromatic rings.